The highest BCUT2D eigenvalue weighted by Gasteiger charge is 2.40. The first-order valence-electron chi connectivity index (χ1n) is 9.37. The lowest BCUT2D eigenvalue weighted by molar-refractivity contribution is -0.181. The van der Waals surface area contributed by atoms with Gasteiger partial charge in [-0.25, -0.2) is 0 Å². The Bertz CT molecular complexity index is 842. The molecule has 0 unspecified atom stereocenters. The summed E-state index contributed by atoms with van der Waals surface area (Å²) in [6.45, 7) is 2.63. The summed E-state index contributed by atoms with van der Waals surface area (Å²) in [5.74, 6) is -0.981. The molecular formula is C20H22N4O4. The van der Waals surface area contributed by atoms with Gasteiger partial charge in [0.2, 0.25) is 0 Å². The van der Waals surface area contributed by atoms with Crippen LogP contribution in [0.25, 0.3) is 0 Å². The second-order valence-corrected chi connectivity index (χ2v) is 6.83. The SMILES string of the molecule is O=C(NCc1ccccn1)c1cc(C(=O)N2CCC3(CC2)OCCO3)ccn1. The Hall–Kier alpha value is -2.84. The summed E-state index contributed by atoms with van der Waals surface area (Å²) in [6, 6.07) is 8.66. The summed E-state index contributed by atoms with van der Waals surface area (Å²) < 4.78 is 11.4. The molecule has 2 aromatic rings. The molecule has 4 rings (SSSR count). The van der Waals surface area contributed by atoms with Crippen molar-refractivity contribution < 1.29 is 19.1 Å². The monoisotopic (exact) mass is 382 g/mol. The quantitative estimate of drug-likeness (QED) is 0.859. The number of ether oxygens (including phenoxy) is 2. The molecule has 8 nitrogen and oxygen atoms in total. The number of pyridine rings is 2. The Kier molecular flexibility index (Phi) is 5.31. The number of rotatable bonds is 4. The third kappa shape index (κ3) is 4.02. The lowest BCUT2D eigenvalue weighted by Crippen LogP contribution is -2.47. The standard InChI is InChI=1S/C20H22N4O4/c25-18(23-14-16-3-1-2-7-21-16)17-13-15(4-8-22-17)19(26)24-9-5-20(6-10-24)27-11-12-28-20/h1-4,7-8,13H,5-6,9-12,14H2,(H,23,25). The molecule has 0 aromatic carbocycles. The van der Waals surface area contributed by atoms with Crippen molar-refractivity contribution in [2.24, 2.45) is 0 Å². The molecule has 2 aromatic heterocycles. The minimum absolute atomic E-state index is 0.117. The molecule has 8 heteroatoms. The Morgan fingerprint density at radius 2 is 1.86 bits per heavy atom. The van der Waals surface area contributed by atoms with Crippen LogP contribution in [0.5, 0.6) is 0 Å². The summed E-state index contributed by atoms with van der Waals surface area (Å²) in [5, 5.41) is 2.77. The number of amides is 2. The number of nitrogens with zero attached hydrogens (tertiary/aromatic N) is 3. The molecular weight excluding hydrogens is 360 g/mol. The summed E-state index contributed by atoms with van der Waals surface area (Å²) in [4.78, 5) is 35.2. The molecule has 1 N–H and O–H groups in total. The van der Waals surface area contributed by atoms with E-state index in [4.69, 9.17) is 9.47 Å². The van der Waals surface area contributed by atoms with Gasteiger partial charge < -0.3 is 19.7 Å². The minimum Gasteiger partial charge on any atom is -0.347 e. The molecule has 2 saturated heterocycles. The number of carbonyl (C=O) groups is 2. The van der Waals surface area contributed by atoms with E-state index in [1.165, 1.54) is 12.3 Å². The predicted molar refractivity (Wildman–Crippen MR) is 99.4 cm³/mol. The zero-order valence-corrected chi connectivity index (χ0v) is 15.5. The van der Waals surface area contributed by atoms with Crippen molar-refractivity contribution in [3.05, 3.63) is 59.7 Å². The van der Waals surface area contributed by atoms with Crippen molar-refractivity contribution in [2.75, 3.05) is 26.3 Å². The lowest BCUT2D eigenvalue weighted by atomic mass is 10.0. The zero-order chi connectivity index (χ0) is 19.4. The third-order valence-electron chi connectivity index (χ3n) is 5.02. The molecule has 0 atom stereocenters. The Labute approximate surface area is 162 Å². The van der Waals surface area contributed by atoms with Crippen LogP contribution in [0.15, 0.2) is 42.7 Å². The van der Waals surface area contributed by atoms with E-state index in [9.17, 15) is 9.59 Å². The van der Waals surface area contributed by atoms with Gasteiger partial charge in [-0.05, 0) is 24.3 Å². The van der Waals surface area contributed by atoms with Crippen LogP contribution in [0.2, 0.25) is 0 Å². The molecule has 0 radical (unpaired) electrons. The van der Waals surface area contributed by atoms with Gasteiger partial charge in [-0.3, -0.25) is 19.6 Å². The summed E-state index contributed by atoms with van der Waals surface area (Å²) in [6.07, 6.45) is 4.46. The van der Waals surface area contributed by atoms with E-state index in [0.717, 1.165) is 5.69 Å². The molecule has 2 fully saturated rings. The van der Waals surface area contributed by atoms with Crippen LogP contribution in [0, 0.1) is 0 Å². The third-order valence-corrected chi connectivity index (χ3v) is 5.02. The van der Waals surface area contributed by atoms with E-state index in [0.29, 0.717) is 51.3 Å². The van der Waals surface area contributed by atoms with Gasteiger partial charge in [-0.1, -0.05) is 6.07 Å². The first kappa shape index (κ1) is 18.5. The van der Waals surface area contributed by atoms with Crippen molar-refractivity contribution in [3.63, 3.8) is 0 Å². The summed E-state index contributed by atoms with van der Waals surface area (Å²) in [5.41, 5.74) is 1.40. The zero-order valence-electron chi connectivity index (χ0n) is 15.5. The lowest BCUT2D eigenvalue weighted by Gasteiger charge is -2.37. The van der Waals surface area contributed by atoms with E-state index in [1.54, 1.807) is 17.2 Å². The van der Waals surface area contributed by atoms with Crippen LogP contribution in [-0.2, 0) is 16.0 Å². The van der Waals surface area contributed by atoms with Gasteiger partial charge in [0.25, 0.3) is 11.8 Å². The first-order valence-corrected chi connectivity index (χ1v) is 9.37. The van der Waals surface area contributed by atoms with Crippen molar-refractivity contribution >= 4 is 11.8 Å². The van der Waals surface area contributed by atoms with Gasteiger partial charge in [0.1, 0.15) is 5.69 Å². The van der Waals surface area contributed by atoms with Crippen LogP contribution in [0.1, 0.15) is 39.4 Å². The average molecular weight is 382 g/mol. The highest BCUT2D eigenvalue weighted by molar-refractivity contribution is 5.98. The van der Waals surface area contributed by atoms with E-state index in [-0.39, 0.29) is 17.5 Å². The van der Waals surface area contributed by atoms with Gasteiger partial charge in [0.05, 0.1) is 25.5 Å². The van der Waals surface area contributed by atoms with Gasteiger partial charge in [0, 0.05) is 43.9 Å². The molecule has 2 amide bonds. The van der Waals surface area contributed by atoms with Crippen LogP contribution in [0.4, 0.5) is 0 Å². The molecule has 0 saturated carbocycles. The molecule has 2 aliphatic heterocycles. The Balaban J connectivity index is 1.37. The Morgan fingerprint density at radius 1 is 1.07 bits per heavy atom. The van der Waals surface area contributed by atoms with Crippen molar-refractivity contribution in [2.45, 2.75) is 25.2 Å². The number of nitrogens with one attached hydrogen (secondary N) is 1. The molecule has 1 spiro atoms. The maximum atomic E-state index is 12.8. The Morgan fingerprint density at radius 3 is 2.57 bits per heavy atom. The number of likely N-dealkylation sites (tertiary alicyclic amines) is 1. The van der Waals surface area contributed by atoms with Crippen LogP contribution in [0.3, 0.4) is 0 Å². The summed E-state index contributed by atoms with van der Waals surface area (Å²) >= 11 is 0. The molecule has 4 heterocycles. The highest BCUT2D eigenvalue weighted by Crippen LogP contribution is 2.31. The van der Waals surface area contributed by atoms with E-state index in [2.05, 4.69) is 15.3 Å². The molecule has 28 heavy (non-hydrogen) atoms. The van der Waals surface area contributed by atoms with E-state index in [1.807, 2.05) is 18.2 Å². The van der Waals surface area contributed by atoms with Crippen LogP contribution in [-0.4, -0.2) is 58.8 Å². The number of hydrogen-bond acceptors (Lipinski definition) is 6. The maximum absolute atomic E-state index is 12.8. The highest BCUT2D eigenvalue weighted by atomic mass is 16.7. The normalized spacial score (nSPS) is 18.2. The fraction of sp³-hybridized carbons (Fsp3) is 0.400. The van der Waals surface area contributed by atoms with Crippen molar-refractivity contribution in [1.82, 2.24) is 20.2 Å². The maximum Gasteiger partial charge on any atom is 0.270 e. The second-order valence-electron chi connectivity index (χ2n) is 6.83. The fourth-order valence-electron chi connectivity index (χ4n) is 3.47. The second kappa shape index (κ2) is 8.04. The van der Waals surface area contributed by atoms with E-state index < -0.39 is 5.79 Å². The molecule has 2 aliphatic rings. The van der Waals surface area contributed by atoms with Gasteiger partial charge in [-0.15, -0.1) is 0 Å². The summed E-state index contributed by atoms with van der Waals surface area (Å²) in [7, 11) is 0. The minimum atomic E-state index is -0.522. The van der Waals surface area contributed by atoms with Crippen molar-refractivity contribution in [3.8, 4) is 0 Å². The molecule has 0 bridgehead atoms. The number of aromatic nitrogens is 2. The number of hydrogen-bond donors (Lipinski definition) is 1. The largest absolute Gasteiger partial charge is 0.347 e. The molecule has 146 valence electrons. The van der Waals surface area contributed by atoms with E-state index >= 15 is 0 Å². The number of piperidine rings is 1. The van der Waals surface area contributed by atoms with Crippen LogP contribution < -0.4 is 5.32 Å². The van der Waals surface area contributed by atoms with Crippen molar-refractivity contribution in [1.29, 1.82) is 0 Å². The average Bonchev–Trinajstić information content (AvgIpc) is 3.21. The number of carbonyl (C=O) groups excluding carboxylic acids is 2. The predicted octanol–water partition coefficient (Wildman–Crippen LogP) is 1.39. The molecule has 0 aliphatic carbocycles. The first-order chi connectivity index (χ1) is 13.7. The van der Waals surface area contributed by atoms with Gasteiger partial charge in [0.15, 0.2) is 5.79 Å². The van der Waals surface area contributed by atoms with Gasteiger partial charge >= 0.3 is 0 Å². The fourth-order valence-corrected chi connectivity index (χ4v) is 3.47. The van der Waals surface area contributed by atoms with Gasteiger partial charge in [-0.2, -0.15) is 0 Å². The smallest absolute Gasteiger partial charge is 0.270 e. The van der Waals surface area contributed by atoms with Crippen LogP contribution >= 0.6 is 0 Å². The topological polar surface area (TPSA) is 93.7 Å².